The van der Waals surface area contributed by atoms with Gasteiger partial charge in [-0.2, -0.15) is 5.10 Å². The summed E-state index contributed by atoms with van der Waals surface area (Å²) in [4.78, 5) is 10.4. The molecule has 0 atom stereocenters. The Hall–Kier alpha value is -1.93. The normalized spacial score (nSPS) is 10.8. The molecule has 0 amide bonds. The molecule has 0 fully saturated rings. The fourth-order valence-corrected chi connectivity index (χ4v) is 2.84. The zero-order chi connectivity index (χ0) is 15.4. The molecule has 0 aliphatic heterocycles. The molecule has 2 rings (SSSR count). The van der Waals surface area contributed by atoms with Crippen LogP contribution >= 0.6 is 31.9 Å². The van der Waals surface area contributed by atoms with Gasteiger partial charge in [0.25, 0.3) is 5.69 Å². The van der Waals surface area contributed by atoms with Crippen LogP contribution in [0.5, 0.6) is 5.75 Å². The molecule has 0 saturated heterocycles. The van der Waals surface area contributed by atoms with Crippen LogP contribution in [0.3, 0.4) is 0 Å². The molecule has 0 aliphatic carbocycles. The van der Waals surface area contributed by atoms with Crippen molar-refractivity contribution >= 4 is 49.4 Å². The topological polar surface area (TPSA) is 87.8 Å². The molecule has 0 heterocycles. The first-order chi connectivity index (χ1) is 9.99. The Morgan fingerprint density at radius 2 is 2.00 bits per heavy atom. The van der Waals surface area contributed by atoms with E-state index in [1.807, 2.05) is 0 Å². The predicted molar refractivity (Wildman–Crippen MR) is 87.8 cm³/mol. The number of nitrogens with one attached hydrogen (secondary N) is 1. The van der Waals surface area contributed by atoms with Crippen LogP contribution in [0.1, 0.15) is 5.56 Å². The zero-order valence-corrected chi connectivity index (χ0v) is 13.6. The predicted octanol–water partition coefficient (Wildman–Crippen LogP) is 4.27. The Labute approximate surface area is 136 Å². The number of hydrazone groups is 1. The second kappa shape index (κ2) is 6.68. The Morgan fingerprint density at radius 3 is 2.71 bits per heavy atom. The molecule has 6 nitrogen and oxygen atoms in total. The number of para-hydroxylation sites is 2. The number of phenolic OH excluding ortho intramolecular Hbond substituents is 1. The van der Waals surface area contributed by atoms with E-state index < -0.39 is 4.92 Å². The Morgan fingerprint density at radius 1 is 1.29 bits per heavy atom. The van der Waals surface area contributed by atoms with E-state index in [1.54, 1.807) is 30.3 Å². The van der Waals surface area contributed by atoms with Crippen molar-refractivity contribution in [3.8, 4) is 5.75 Å². The second-order valence-corrected chi connectivity index (χ2v) is 5.74. The molecule has 0 aromatic heterocycles. The maximum absolute atomic E-state index is 10.9. The maximum Gasteiger partial charge on any atom is 0.294 e. The van der Waals surface area contributed by atoms with Gasteiger partial charge in [-0.1, -0.05) is 28.1 Å². The minimum atomic E-state index is -0.495. The summed E-state index contributed by atoms with van der Waals surface area (Å²) in [7, 11) is 0. The van der Waals surface area contributed by atoms with Crippen molar-refractivity contribution in [3.05, 3.63) is 61.0 Å². The molecule has 2 N–H and O–H groups in total. The van der Waals surface area contributed by atoms with Crippen molar-refractivity contribution < 1.29 is 10.0 Å². The lowest BCUT2D eigenvalue weighted by molar-refractivity contribution is -0.384. The summed E-state index contributed by atoms with van der Waals surface area (Å²) in [6, 6.07) is 9.53. The van der Waals surface area contributed by atoms with E-state index in [1.165, 1.54) is 12.3 Å². The first-order valence-corrected chi connectivity index (χ1v) is 7.28. The van der Waals surface area contributed by atoms with Gasteiger partial charge in [-0.15, -0.1) is 0 Å². The van der Waals surface area contributed by atoms with Crippen LogP contribution in [0.25, 0.3) is 0 Å². The van der Waals surface area contributed by atoms with Crippen LogP contribution in [0, 0.1) is 10.1 Å². The Kier molecular flexibility index (Phi) is 4.92. The summed E-state index contributed by atoms with van der Waals surface area (Å²) in [6.45, 7) is 0. The number of benzene rings is 2. The van der Waals surface area contributed by atoms with Crippen molar-refractivity contribution in [2.75, 3.05) is 5.43 Å². The van der Waals surface area contributed by atoms with E-state index >= 15 is 0 Å². The number of nitro benzene ring substituents is 1. The van der Waals surface area contributed by atoms with Crippen molar-refractivity contribution in [1.29, 1.82) is 0 Å². The van der Waals surface area contributed by atoms with Gasteiger partial charge < -0.3 is 5.11 Å². The highest BCUT2D eigenvalue weighted by atomic mass is 79.9. The smallest absolute Gasteiger partial charge is 0.294 e. The Balaban J connectivity index is 2.23. The second-order valence-electron chi connectivity index (χ2n) is 3.97. The van der Waals surface area contributed by atoms with Gasteiger partial charge in [-0.05, 0) is 34.1 Å². The van der Waals surface area contributed by atoms with Gasteiger partial charge in [0.05, 0.1) is 15.6 Å². The molecule has 0 spiro atoms. The Bertz CT molecular complexity index is 720. The molecule has 0 unspecified atom stereocenters. The van der Waals surface area contributed by atoms with Gasteiger partial charge >= 0.3 is 0 Å². The van der Waals surface area contributed by atoms with Crippen LogP contribution in [-0.2, 0) is 0 Å². The third kappa shape index (κ3) is 3.79. The molecule has 108 valence electrons. The van der Waals surface area contributed by atoms with Crippen LogP contribution in [-0.4, -0.2) is 16.2 Å². The van der Waals surface area contributed by atoms with Crippen molar-refractivity contribution in [2.24, 2.45) is 5.10 Å². The molecule has 0 bridgehead atoms. The number of halogens is 2. The van der Waals surface area contributed by atoms with E-state index in [4.69, 9.17) is 0 Å². The molecule has 0 saturated carbocycles. The molecular weight excluding hydrogens is 406 g/mol. The van der Waals surface area contributed by atoms with Crippen LogP contribution in [0.15, 0.2) is 50.4 Å². The molecule has 2 aromatic carbocycles. The summed E-state index contributed by atoms with van der Waals surface area (Å²) >= 11 is 6.52. The van der Waals surface area contributed by atoms with E-state index in [9.17, 15) is 15.2 Å². The minimum Gasteiger partial charge on any atom is -0.506 e. The average molecular weight is 415 g/mol. The molecule has 0 radical (unpaired) electrons. The van der Waals surface area contributed by atoms with Gasteiger partial charge in [-0.3, -0.25) is 15.5 Å². The first kappa shape index (κ1) is 15.5. The molecule has 8 heteroatoms. The SMILES string of the molecule is O=[N+]([O-])c1ccccc1N/N=C/c1cc(Br)cc(Br)c1O. The molecular formula is C13H9Br2N3O3. The fourth-order valence-electron chi connectivity index (χ4n) is 1.58. The number of anilines is 1. The van der Waals surface area contributed by atoms with Gasteiger partial charge in [0.1, 0.15) is 11.4 Å². The molecule has 0 aliphatic rings. The number of phenols is 1. The summed E-state index contributed by atoms with van der Waals surface area (Å²) in [5, 5.41) is 24.6. The summed E-state index contributed by atoms with van der Waals surface area (Å²) in [5.41, 5.74) is 3.25. The third-order valence-electron chi connectivity index (χ3n) is 2.55. The highest BCUT2D eigenvalue weighted by Gasteiger charge is 2.11. The lowest BCUT2D eigenvalue weighted by Gasteiger charge is -2.04. The summed E-state index contributed by atoms with van der Waals surface area (Å²) in [6.07, 6.45) is 1.38. The van der Waals surface area contributed by atoms with Crippen molar-refractivity contribution in [2.45, 2.75) is 0 Å². The highest BCUT2D eigenvalue weighted by molar-refractivity contribution is 9.11. The van der Waals surface area contributed by atoms with Gasteiger partial charge in [0.15, 0.2) is 0 Å². The molecule has 21 heavy (non-hydrogen) atoms. The standard InChI is InChI=1S/C13H9Br2N3O3/c14-9-5-8(13(19)10(15)6-9)7-16-17-11-3-1-2-4-12(11)18(20)21/h1-7,17,19H/b16-7+. The number of hydrogen-bond donors (Lipinski definition) is 2. The van der Waals surface area contributed by atoms with Gasteiger partial charge in [-0.25, -0.2) is 0 Å². The summed E-state index contributed by atoms with van der Waals surface area (Å²) < 4.78 is 1.28. The van der Waals surface area contributed by atoms with Crippen molar-refractivity contribution in [1.82, 2.24) is 0 Å². The number of rotatable bonds is 4. The number of aromatic hydroxyl groups is 1. The van der Waals surface area contributed by atoms with Crippen LogP contribution in [0.4, 0.5) is 11.4 Å². The maximum atomic E-state index is 10.9. The molecule has 2 aromatic rings. The average Bonchev–Trinajstić information content (AvgIpc) is 2.44. The zero-order valence-electron chi connectivity index (χ0n) is 10.5. The van der Waals surface area contributed by atoms with Crippen LogP contribution < -0.4 is 5.43 Å². The lowest BCUT2D eigenvalue weighted by Crippen LogP contribution is -1.96. The summed E-state index contributed by atoms with van der Waals surface area (Å²) in [5.74, 6) is 0.0336. The highest BCUT2D eigenvalue weighted by Crippen LogP contribution is 2.30. The number of hydrogen-bond acceptors (Lipinski definition) is 5. The first-order valence-electron chi connectivity index (χ1n) is 5.69. The van der Waals surface area contributed by atoms with E-state index in [0.29, 0.717) is 10.0 Å². The van der Waals surface area contributed by atoms with Gasteiger partial charge in [0, 0.05) is 16.1 Å². The van der Waals surface area contributed by atoms with E-state index in [-0.39, 0.29) is 17.1 Å². The van der Waals surface area contributed by atoms with Crippen LogP contribution in [0.2, 0.25) is 0 Å². The van der Waals surface area contributed by atoms with Gasteiger partial charge in [0.2, 0.25) is 0 Å². The third-order valence-corrected chi connectivity index (χ3v) is 3.61. The van der Waals surface area contributed by atoms with Crippen molar-refractivity contribution in [3.63, 3.8) is 0 Å². The largest absolute Gasteiger partial charge is 0.506 e. The lowest BCUT2D eigenvalue weighted by atomic mass is 10.2. The minimum absolute atomic E-state index is 0.0336. The van der Waals surface area contributed by atoms with E-state index in [0.717, 1.165) is 4.47 Å². The monoisotopic (exact) mass is 413 g/mol. The fraction of sp³-hybridized carbons (Fsp3) is 0. The number of nitrogens with zero attached hydrogens (tertiary/aromatic N) is 2. The quantitative estimate of drug-likeness (QED) is 0.444. The van der Waals surface area contributed by atoms with E-state index in [2.05, 4.69) is 42.4 Å². The number of nitro groups is 1.